The van der Waals surface area contributed by atoms with E-state index in [2.05, 4.69) is 20.9 Å². The number of likely N-dealkylation sites (tertiary alicyclic amines) is 2. The molecule has 226 valence electrons. The predicted octanol–water partition coefficient (Wildman–Crippen LogP) is 3.24. The molecular formula is C31H38N8O3S. The number of pyridine rings is 1. The quantitative estimate of drug-likeness (QED) is 0.407. The minimum Gasteiger partial charge on any atom is -0.364 e. The molecule has 2 saturated heterocycles. The van der Waals surface area contributed by atoms with Crippen molar-refractivity contribution in [2.75, 3.05) is 44.2 Å². The van der Waals surface area contributed by atoms with Crippen molar-refractivity contribution in [2.45, 2.75) is 49.7 Å². The standard InChI is InChI=1S/C31H38N8O3S/c1-35-23-33-19-28(35)22-38-21-27(17-26-16-25(18-32)7-8-29(26)38)39(43(41,42)30-6-2-3-11-34-30)20-24-9-14-37(15-10-24)31(40)36-12-4-5-13-36/h2-3,6-8,11,16,19,23-24,27H,4-5,9-10,12-15,17,20-22H2,1H3. The minimum atomic E-state index is -3.93. The summed E-state index contributed by atoms with van der Waals surface area (Å²) in [4.78, 5) is 27.6. The van der Waals surface area contributed by atoms with Gasteiger partial charge in [-0.1, -0.05) is 6.07 Å². The van der Waals surface area contributed by atoms with Crippen LogP contribution >= 0.6 is 0 Å². The Kier molecular flexibility index (Phi) is 8.36. The zero-order chi connectivity index (χ0) is 30.0. The molecule has 0 N–H and O–H groups in total. The van der Waals surface area contributed by atoms with Crippen molar-refractivity contribution in [1.82, 2.24) is 28.6 Å². The summed E-state index contributed by atoms with van der Waals surface area (Å²) in [6, 6.07) is 12.6. The number of fused-ring (bicyclic) bond motifs is 1. The highest BCUT2D eigenvalue weighted by Gasteiger charge is 2.39. The summed E-state index contributed by atoms with van der Waals surface area (Å²) in [5.41, 5.74) is 3.50. The molecule has 3 aromatic rings. The van der Waals surface area contributed by atoms with Crippen LogP contribution in [-0.2, 0) is 30.0 Å². The maximum atomic E-state index is 14.3. The average molecular weight is 603 g/mol. The number of nitrogens with zero attached hydrogens (tertiary/aromatic N) is 8. The van der Waals surface area contributed by atoms with Crippen LogP contribution in [0.15, 0.2) is 60.1 Å². The van der Waals surface area contributed by atoms with Gasteiger partial charge in [0.05, 0.1) is 30.2 Å². The second kappa shape index (κ2) is 12.3. The molecule has 1 unspecified atom stereocenters. The van der Waals surface area contributed by atoms with Crippen LogP contribution in [0.25, 0.3) is 0 Å². The zero-order valence-electron chi connectivity index (χ0n) is 24.5. The molecule has 5 heterocycles. The Balaban J connectivity index is 1.28. The van der Waals surface area contributed by atoms with Crippen molar-refractivity contribution in [3.05, 3.63) is 71.9 Å². The van der Waals surface area contributed by atoms with Gasteiger partial charge >= 0.3 is 6.03 Å². The van der Waals surface area contributed by atoms with Gasteiger partial charge in [0.25, 0.3) is 10.0 Å². The first kappa shape index (κ1) is 29.1. The highest BCUT2D eigenvalue weighted by Crippen LogP contribution is 2.34. The van der Waals surface area contributed by atoms with E-state index in [1.165, 1.54) is 6.20 Å². The number of carbonyl (C=O) groups excluding carboxylic acids is 1. The Bertz CT molecular complexity index is 1590. The van der Waals surface area contributed by atoms with Crippen LogP contribution < -0.4 is 4.90 Å². The molecule has 0 spiro atoms. The molecule has 2 aromatic heterocycles. The number of hydrogen-bond donors (Lipinski definition) is 0. The van der Waals surface area contributed by atoms with E-state index in [-0.39, 0.29) is 23.0 Å². The maximum Gasteiger partial charge on any atom is 0.319 e. The SMILES string of the molecule is Cn1cncc1CN1CC(N(CC2CCN(C(=O)N3CCCC3)CC2)S(=O)(=O)c2ccccn2)Cc2cc(C#N)ccc21. The van der Waals surface area contributed by atoms with E-state index in [1.807, 2.05) is 45.8 Å². The monoisotopic (exact) mass is 602 g/mol. The molecule has 3 aliphatic heterocycles. The molecule has 12 heteroatoms. The van der Waals surface area contributed by atoms with Crippen molar-refractivity contribution in [1.29, 1.82) is 5.26 Å². The highest BCUT2D eigenvalue weighted by atomic mass is 32.2. The van der Waals surface area contributed by atoms with Gasteiger partial charge in [0, 0.05) is 70.4 Å². The van der Waals surface area contributed by atoms with E-state index in [9.17, 15) is 18.5 Å². The van der Waals surface area contributed by atoms with Crippen molar-refractivity contribution < 1.29 is 13.2 Å². The van der Waals surface area contributed by atoms with E-state index in [1.54, 1.807) is 28.8 Å². The zero-order valence-corrected chi connectivity index (χ0v) is 25.4. The van der Waals surface area contributed by atoms with E-state index in [0.717, 1.165) is 55.7 Å². The Hall–Kier alpha value is -3.95. The molecular weight excluding hydrogens is 564 g/mol. The lowest BCUT2D eigenvalue weighted by molar-refractivity contribution is 0.132. The first-order valence-corrected chi connectivity index (χ1v) is 16.5. The van der Waals surface area contributed by atoms with Crippen molar-refractivity contribution in [3.8, 4) is 6.07 Å². The van der Waals surface area contributed by atoms with Gasteiger partial charge in [-0.25, -0.2) is 23.2 Å². The smallest absolute Gasteiger partial charge is 0.319 e. The fourth-order valence-corrected chi connectivity index (χ4v) is 8.23. The number of benzene rings is 1. The van der Waals surface area contributed by atoms with Crippen LogP contribution in [0.4, 0.5) is 10.5 Å². The largest absolute Gasteiger partial charge is 0.364 e. The Labute approximate surface area is 253 Å². The van der Waals surface area contributed by atoms with Crippen LogP contribution in [0.3, 0.4) is 0 Å². The van der Waals surface area contributed by atoms with Gasteiger partial charge in [-0.3, -0.25) is 0 Å². The molecule has 0 bridgehead atoms. The number of piperidine rings is 1. The molecule has 0 saturated carbocycles. The summed E-state index contributed by atoms with van der Waals surface area (Å²) < 4.78 is 32.2. The normalized spacial score (nSPS) is 19.5. The van der Waals surface area contributed by atoms with E-state index >= 15 is 0 Å². The summed E-state index contributed by atoms with van der Waals surface area (Å²) in [5, 5.41) is 9.66. The van der Waals surface area contributed by atoms with Crippen LogP contribution in [0, 0.1) is 17.2 Å². The Morgan fingerprint density at radius 1 is 1.09 bits per heavy atom. The topological polar surface area (TPSA) is 119 Å². The van der Waals surface area contributed by atoms with Gasteiger partial charge in [0.1, 0.15) is 0 Å². The lowest BCUT2D eigenvalue weighted by Gasteiger charge is -2.42. The third-order valence-corrected chi connectivity index (χ3v) is 10.9. The van der Waals surface area contributed by atoms with Gasteiger partial charge in [-0.15, -0.1) is 0 Å². The van der Waals surface area contributed by atoms with Gasteiger partial charge in [0.15, 0.2) is 5.03 Å². The van der Waals surface area contributed by atoms with Crippen molar-refractivity contribution >= 4 is 21.7 Å². The molecule has 11 nitrogen and oxygen atoms in total. The second-order valence-electron chi connectivity index (χ2n) is 11.8. The number of amides is 2. The van der Waals surface area contributed by atoms with Crippen LogP contribution in [0.2, 0.25) is 0 Å². The number of rotatable bonds is 7. The van der Waals surface area contributed by atoms with Crippen LogP contribution in [-0.4, -0.2) is 88.4 Å². The summed E-state index contributed by atoms with van der Waals surface area (Å²) >= 11 is 0. The molecule has 6 rings (SSSR count). The lowest BCUT2D eigenvalue weighted by atomic mass is 9.93. The Morgan fingerprint density at radius 3 is 2.53 bits per heavy atom. The lowest BCUT2D eigenvalue weighted by Crippen LogP contribution is -2.53. The van der Waals surface area contributed by atoms with E-state index in [0.29, 0.717) is 44.7 Å². The predicted molar refractivity (Wildman–Crippen MR) is 162 cm³/mol. The molecule has 2 amide bonds. The van der Waals surface area contributed by atoms with Crippen LogP contribution in [0.5, 0.6) is 0 Å². The minimum absolute atomic E-state index is 0.0337. The highest BCUT2D eigenvalue weighted by molar-refractivity contribution is 7.89. The number of aromatic nitrogens is 3. The van der Waals surface area contributed by atoms with Gasteiger partial charge in [-0.05, 0) is 73.9 Å². The van der Waals surface area contributed by atoms with Crippen molar-refractivity contribution in [3.63, 3.8) is 0 Å². The van der Waals surface area contributed by atoms with E-state index < -0.39 is 10.0 Å². The average Bonchev–Trinajstić information content (AvgIpc) is 3.72. The molecule has 43 heavy (non-hydrogen) atoms. The summed E-state index contributed by atoms with van der Waals surface area (Å²) in [7, 11) is -1.98. The fourth-order valence-electron chi connectivity index (χ4n) is 6.61. The first-order valence-electron chi connectivity index (χ1n) is 15.0. The fraction of sp³-hybridized carbons (Fsp3) is 0.484. The summed E-state index contributed by atoms with van der Waals surface area (Å²) in [6.45, 7) is 4.29. The molecule has 2 fully saturated rings. The summed E-state index contributed by atoms with van der Waals surface area (Å²) in [5.74, 6) is 0.110. The van der Waals surface area contributed by atoms with Gasteiger partial charge < -0.3 is 19.3 Å². The molecule has 3 aliphatic rings. The number of nitriles is 1. The molecule has 0 radical (unpaired) electrons. The summed E-state index contributed by atoms with van der Waals surface area (Å²) in [6.07, 6.45) is 9.19. The first-order chi connectivity index (χ1) is 20.8. The van der Waals surface area contributed by atoms with Gasteiger partial charge in [0.2, 0.25) is 0 Å². The Morgan fingerprint density at radius 2 is 1.86 bits per heavy atom. The van der Waals surface area contributed by atoms with E-state index in [4.69, 9.17) is 0 Å². The third kappa shape index (κ3) is 6.10. The molecule has 1 atom stereocenters. The number of urea groups is 1. The second-order valence-corrected chi connectivity index (χ2v) is 13.7. The van der Waals surface area contributed by atoms with Gasteiger partial charge in [-0.2, -0.15) is 9.57 Å². The third-order valence-electron chi connectivity index (χ3n) is 9.02. The van der Waals surface area contributed by atoms with Crippen LogP contribution in [0.1, 0.15) is 42.5 Å². The molecule has 0 aliphatic carbocycles. The number of imidazole rings is 1. The van der Waals surface area contributed by atoms with Crippen molar-refractivity contribution in [2.24, 2.45) is 13.0 Å². The molecule has 1 aromatic carbocycles. The number of carbonyl (C=O) groups is 1. The number of hydrogen-bond acceptors (Lipinski definition) is 7. The number of sulfonamides is 1. The number of aryl methyl sites for hydroxylation is 1. The maximum absolute atomic E-state index is 14.3. The number of anilines is 1.